The molecule has 1 amide bonds. The zero-order valence-electron chi connectivity index (χ0n) is 21.4. The van der Waals surface area contributed by atoms with Gasteiger partial charge < -0.3 is 9.47 Å². The summed E-state index contributed by atoms with van der Waals surface area (Å²) < 4.78 is 40.5. The van der Waals surface area contributed by atoms with Crippen molar-refractivity contribution in [3.8, 4) is 0 Å². The van der Waals surface area contributed by atoms with Gasteiger partial charge in [-0.15, -0.1) is 0 Å². The van der Waals surface area contributed by atoms with E-state index in [0.717, 1.165) is 42.7 Å². The number of nitrogens with zero attached hydrogens (tertiary/aromatic N) is 4. The van der Waals surface area contributed by atoms with Crippen molar-refractivity contribution >= 4 is 34.2 Å². The average Bonchev–Trinajstić information content (AvgIpc) is 3.26. The van der Waals surface area contributed by atoms with Gasteiger partial charge in [0, 0.05) is 42.3 Å². The molecule has 0 N–H and O–H groups in total. The van der Waals surface area contributed by atoms with E-state index in [1.165, 1.54) is 0 Å². The predicted molar refractivity (Wildman–Crippen MR) is 140 cm³/mol. The van der Waals surface area contributed by atoms with E-state index < -0.39 is 18.0 Å². The fourth-order valence-electron chi connectivity index (χ4n) is 5.90. The Balaban J connectivity index is 1.48. The minimum Gasteiger partial charge on any atom is -0.326 e. The molecule has 1 saturated heterocycles. The minimum atomic E-state index is -4.22. The first-order valence-electron chi connectivity index (χ1n) is 12.8. The molecule has 2 aliphatic rings. The zero-order valence-corrected chi connectivity index (χ0v) is 22.2. The summed E-state index contributed by atoms with van der Waals surface area (Å²) in [6.07, 6.45) is -3.71. The summed E-state index contributed by atoms with van der Waals surface area (Å²) in [6.45, 7) is 8.57. The van der Waals surface area contributed by atoms with Crippen LogP contribution >= 0.6 is 11.6 Å². The second-order valence-corrected chi connectivity index (χ2v) is 11.6. The van der Waals surface area contributed by atoms with Gasteiger partial charge in [0.25, 0.3) is 0 Å². The molecule has 2 aromatic carbocycles. The molecule has 37 heavy (non-hydrogen) atoms. The molecule has 0 saturated carbocycles. The van der Waals surface area contributed by atoms with E-state index in [0.29, 0.717) is 16.4 Å². The van der Waals surface area contributed by atoms with E-state index in [9.17, 15) is 18.0 Å². The Morgan fingerprint density at radius 3 is 2.43 bits per heavy atom. The number of rotatable bonds is 5. The molecule has 0 bridgehead atoms. The van der Waals surface area contributed by atoms with Crippen molar-refractivity contribution < 1.29 is 18.0 Å². The van der Waals surface area contributed by atoms with E-state index in [4.69, 9.17) is 16.6 Å². The molecule has 0 atom stereocenters. The molecule has 1 fully saturated rings. The maximum Gasteiger partial charge on any atom is 0.389 e. The highest BCUT2D eigenvalue weighted by molar-refractivity contribution is 6.31. The van der Waals surface area contributed by atoms with E-state index in [1.54, 1.807) is 27.7 Å². The molecule has 0 radical (unpaired) electrons. The number of carbonyl (C=O) groups excluding carboxylic acids is 1. The van der Waals surface area contributed by atoms with E-state index in [2.05, 4.69) is 25.7 Å². The van der Waals surface area contributed by atoms with Gasteiger partial charge in [0.15, 0.2) is 0 Å². The van der Waals surface area contributed by atoms with Gasteiger partial charge in [-0.25, -0.2) is 4.98 Å². The number of hydrogen-bond acceptors (Lipinski definition) is 3. The highest BCUT2D eigenvalue weighted by Gasteiger charge is 2.52. The number of hydrogen-bond donors (Lipinski definition) is 0. The van der Waals surface area contributed by atoms with Crippen molar-refractivity contribution in [3.05, 3.63) is 58.9 Å². The largest absolute Gasteiger partial charge is 0.389 e. The van der Waals surface area contributed by atoms with Gasteiger partial charge in [-0.05, 0) is 69.9 Å². The predicted octanol–water partition coefficient (Wildman–Crippen LogP) is 6.71. The number of anilines is 1. The number of benzene rings is 2. The molecule has 2 aliphatic heterocycles. The van der Waals surface area contributed by atoms with Crippen LogP contribution in [0.5, 0.6) is 0 Å². The van der Waals surface area contributed by atoms with Crippen LogP contribution < -0.4 is 4.90 Å². The normalized spacial score (nSPS) is 18.2. The molecule has 5 nitrogen and oxygen atoms in total. The third kappa shape index (κ3) is 4.86. The number of halogens is 4. The molecule has 198 valence electrons. The van der Waals surface area contributed by atoms with Crippen LogP contribution in [0.3, 0.4) is 0 Å². The number of fused-ring (bicyclic) bond motifs is 3. The summed E-state index contributed by atoms with van der Waals surface area (Å²) in [6, 6.07) is 13.1. The fraction of sp³-hybridized carbons (Fsp3) is 0.500. The van der Waals surface area contributed by atoms with Gasteiger partial charge in [0.2, 0.25) is 5.91 Å². The van der Waals surface area contributed by atoms with Crippen molar-refractivity contribution in [3.63, 3.8) is 0 Å². The lowest BCUT2D eigenvalue weighted by molar-refractivity contribution is -0.135. The second kappa shape index (κ2) is 9.31. The smallest absolute Gasteiger partial charge is 0.326 e. The highest BCUT2D eigenvalue weighted by Crippen LogP contribution is 2.49. The standard InChI is InChI=1S/C28H32ClF3N4O/c1-26(2,3)34-15-12-27(13-16-34)20-7-4-5-8-22(20)36(25(27)37)18-24-33-21-17-19(29)9-10-23(21)35(24)14-6-11-28(30,31)32/h4-5,7-10,17H,6,11-16,18H2,1-3H3. The van der Waals surface area contributed by atoms with E-state index in [1.807, 2.05) is 24.3 Å². The van der Waals surface area contributed by atoms with Crippen LogP contribution in [0.25, 0.3) is 11.0 Å². The molecule has 3 aromatic rings. The molecule has 1 spiro atoms. The molecule has 3 heterocycles. The van der Waals surface area contributed by atoms with Crippen molar-refractivity contribution in [2.24, 2.45) is 0 Å². The first-order chi connectivity index (χ1) is 17.4. The Hall–Kier alpha value is -2.58. The number of aryl methyl sites for hydroxylation is 1. The third-order valence-electron chi connectivity index (χ3n) is 7.86. The summed E-state index contributed by atoms with van der Waals surface area (Å²) >= 11 is 6.18. The van der Waals surface area contributed by atoms with Crippen LogP contribution in [0.1, 0.15) is 57.8 Å². The Bertz CT molecular complexity index is 1320. The molecule has 1 aromatic heterocycles. The van der Waals surface area contributed by atoms with Gasteiger partial charge in [-0.2, -0.15) is 13.2 Å². The Kier molecular flexibility index (Phi) is 6.55. The topological polar surface area (TPSA) is 41.4 Å². The average molecular weight is 533 g/mol. The van der Waals surface area contributed by atoms with Crippen LogP contribution in [0.4, 0.5) is 18.9 Å². The first kappa shape index (κ1) is 26.0. The van der Waals surface area contributed by atoms with Crippen molar-refractivity contribution in [1.29, 1.82) is 0 Å². The van der Waals surface area contributed by atoms with E-state index >= 15 is 0 Å². The molecular formula is C28H32ClF3N4O. The Labute approximate surface area is 220 Å². The summed E-state index contributed by atoms with van der Waals surface area (Å²) in [5, 5.41) is 0.506. The summed E-state index contributed by atoms with van der Waals surface area (Å²) in [5.74, 6) is 0.612. The number of aromatic nitrogens is 2. The van der Waals surface area contributed by atoms with Crippen molar-refractivity contribution in [2.45, 2.75) is 76.7 Å². The van der Waals surface area contributed by atoms with Gasteiger partial charge in [-0.3, -0.25) is 9.69 Å². The zero-order chi connectivity index (χ0) is 26.6. The quantitative estimate of drug-likeness (QED) is 0.366. The first-order valence-corrected chi connectivity index (χ1v) is 13.1. The van der Waals surface area contributed by atoms with Crippen LogP contribution in [-0.4, -0.2) is 45.2 Å². The maximum absolute atomic E-state index is 14.1. The van der Waals surface area contributed by atoms with Gasteiger partial charge in [-0.1, -0.05) is 29.8 Å². The number of para-hydroxylation sites is 1. The van der Waals surface area contributed by atoms with Crippen LogP contribution in [0, 0.1) is 0 Å². The molecule has 0 aliphatic carbocycles. The van der Waals surface area contributed by atoms with Gasteiger partial charge >= 0.3 is 6.18 Å². The molecular weight excluding hydrogens is 501 g/mol. The SMILES string of the molecule is CC(C)(C)N1CCC2(CC1)C(=O)N(Cc1nc3cc(Cl)ccc3n1CCCC(F)(F)F)c1ccccc12. The van der Waals surface area contributed by atoms with Crippen molar-refractivity contribution in [1.82, 2.24) is 14.5 Å². The number of amides is 1. The van der Waals surface area contributed by atoms with Crippen molar-refractivity contribution in [2.75, 3.05) is 18.0 Å². The Morgan fingerprint density at radius 2 is 1.76 bits per heavy atom. The summed E-state index contributed by atoms with van der Waals surface area (Å²) in [5.41, 5.74) is 2.68. The van der Waals surface area contributed by atoms with Crippen LogP contribution in [-0.2, 0) is 23.3 Å². The monoisotopic (exact) mass is 532 g/mol. The summed E-state index contributed by atoms with van der Waals surface area (Å²) in [7, 11) is 0. The molecule has 0 unspecified atom stereocenters. The Morgan fingerprint density at radius 1 is 1.05 bits per heavy atom. The third-order valence-corrected chi connectivity index (χ3v) is 8.10. The minimum absolute atomic E-state index is 0.0328. The lowest BCUT2D eigenvalue weighted by Gasteiger charge is -2.44. The number of imidazole rings is 1. The van der Waals surface area contributed by atoms with E-state index in [-0.39, 0.29) is 31.0 Å². The maximum atomic E-state index is 14.1. The lowest BCUT2D eigenvalue weighted by atomic mass is 9.73. The summed E-state index contributed by atoms with van der Waals surface area (Å²) in [4.78, 5) is 23.1. The van der Waals surface area contributed by atoms with Crippen LogP contribution in [0.2, 0.25) is 5.02 Å². The van der Waals surface area contributed by atoms with Gasteiger partial charge in [0.05, 0.1) is 23.0 Å². The number of alkyl halides is 3. The number of piperidine rings is 1. The highest BCUT2D eigenvalue weighted by atomic mass is 35.5. The number of likely N-dealkylation sites (tertiary alicyclic amines) is 1. The molecule has 9 heteroatoms. The fourth-order valence-corrected chi connectivity index (χ4v) is 6.06. The number of carbonyl (C=O) groups is 1. The lowest BCUT2D eigenvalue weighted by Crippen LogP contribution is -2.53. The molecule has 5 rings (SSSR count). The van der Waals surface area contributed by atoms with Gasteiger partial charge in [0.1, 0.15) is 5.82 Å². The van der Waals surface area contributed by atoms with Crippen LogP contribution in [0.15, 0.2) is 42.5 Å². The second-order valence-electron chi connectivity index (χ2n) is 11.2.